The van der Waals surface area contributed by atoms with E-state index in [4.69, 9.17) is 9.84 Å². The van der Waals surface area contributed by atoms with Crippen LogP contribution in [0.1, 0.15) is 25.8 Å². The minimum atomic E-state index is -0.115. The van der Waals surface area contributed by atoms with Crippen LogP contribution in [-0.2, 0) is 0 Å². The Kier molecular flexibility index (Phi) is 5.46. The first-order valence-corrected chi connectivity index (χ1v) is 7.25. The Morgan fingerprint density at radius 1 is 1.40 bits per heavy atom. The van der Waals surface area contributed by atoms with Crippen molar-refractivity contribution in [3.63, 3.8) is 0 Å². The molecule has 0 saturated carbocycles. The van der Waals surface area contributed by atoms with Crippen LogP contribution in [0.2, 0.25) is 0 Å². The molecule has 1 heterocycles. The van der Waals surface area contributed by atoms with Gasteiger partial charge in [0.25, 0.3) is 0 Å². The molecule has 0 amide bonds. The van der Waals surface area contributed by atoms with Gasteiger partial charge in [-0.1, -0.05) is 24.8 Å². The summed E-state index contributed by atoms with van der Waals surface area (Å²) >= 11 is 0. The molecular formula is C17H23NO2. The molecule has 3 nitrogen and oxygen atoms in total. The Hall–Kier alpha value is -1.50. The maximum Gasteiger partial charge on any atom is 0.120 e. The van der Waals surface area contributed by atoms with Crippen molar-refractivity contribution in [3.8, 4) is 17.6 Å². The average Bonchev–Trinajstić information content (AvgIpc) is 2.75. The van der Waals surface area contributed by atoms with E-state index in [-0.39, 0.29) is 6.61 Å². The summed E-state index contributed by atoms with van der Waals surface area (Å²) in [5.74, 6) is 7.17. The van der Waals surface area contributed by atoms with Gasteiger partial charge < -0.3 is 9.84 Å². The highest BCUT2D eigenvalue weighted by Crippen LogP contribution is 2.21. The van der Waals surface area contributed by atoms with E-state index in [1.807, 2.05) is 24.3 Å². The smallest absolute Gasteiger partial charge is 0.120 e. The van der Waals surface area contributed by atoms with Gasteiger partial charge in [-0.05, 0) is 37.5 Å². The van der Waals surface area contributed by atoms with Crippen LogP contribution in [-0.4, -0.2) is 42.4 Å². The van der Waals surface area contributed by atoms with E-state index in [0.29, 0.717) is 12.6 Å². The summed E-state index contributed by atoms with van der Waals surface area (Å²) in [5, 5.41) is 8.70. The zero-order valence-corrected chi connectivity index (χ0v) is 12.3. The van der Waals surface area contributed by atoms with Crippen LogP contribution in [0.15, 0.2) is 24.3 Å². The van der Waals surface area contributed by atoms with Gasteiger partial charge in [0.15, 0.2) is 0 Å². The summed E-state index contributed by atoms with van der Waals surface area (Å²) < 4.78 is 5.80. The fourth-order valence-electron chi connectivity index (χ4n) is 2.78. The molecular weight excluding hydrogens is 250 g/mol. The predicted octanol–water partition coefficient (Wildman–Crippen LogP) is 2.14. The molecule has 20 heavy (non-hydrogen) atoms. The Balaban J connectivity index is 1.82. The molecule has 2 unspecified atom stereocenters. The molecule has 0 spiro atoms. The maximum absolute atomic E-state index is 8.70. The van der Waals surface area contributed by atoms with Crippen molar-refractivity contribution >= 4 is 0 Å². The fourth-order valence-corrected chi connectivity index (χ4v) is 2.78. The quantitative estimate of drug-likeness (QED) is 0.853. The van der Waals surface area contributed by atoms with Gasteiger partial charge in [0.1, 0.15) is 19.0 Å². The van der Waals surface area contributed by atoms with Crippen molar-refractivity contribution in [2.75, 3.05) is 26.3 Å². The van der Waals surface area contributed by atoms with E-state index in [0.717, 1.165) is 23.8 Å². The number of aliphatic hydroxyl groups is 1. The molecule has 0 aromatic heterocycles. The van der Waals surface area contributed by atoms with Crippen molar-refractivity contribution in [1.29, 1.82) is 0 Å². The van der Waals surface area contributed by atoms with E-state index >= 15 is 0 Å². The van der Waals surface area contributed by atoms with Gasteiger partial charge in [0, 0.05) is 24.7 Å². The monoisotopic (exact) mass is 273 g/mol. The highest BCUT2D eigenvalue weighted by molar-refractivity contribution is 5.39. The summed E-state index contributed by atoms with van der Waals surface area (Å²) in [4.78, 5) is 2.49. The second-order valence-corrected chi connectivity index (χ2v) is 5.52. The minimum absolute atomic E-state index is 0.115. The first kappa shape index (κ1) is 14.9. The molecule has 1 aliphatic heterocycles. The zero-order chi connectivity index (χ0) is 14.4. The summed E-state index contributed by atoms with van der Waals surface area (Å²) in [6, 6.07) is 8.37. The van der Waals surface area contributed by atoms with Crippen LogP contribution < -0.4 is 4.74 Å². The van der Waals surface area contributed by atoms with Crippen molar-refractivity contribution in [3.05, 3.63) is 29.8 Å². The van der Waals surface area contributed by atoms with Crippen LogP contribution in [0.5, 0.6) is 5.75 Å². The van der Waals surface area contributed by atoms with Gasteiger partial charge in [0.05, 0.1) is 0 Å². The fraction of sp³-hybridized carbons (Fsp3) is 0.529. The van der Waals surface area contributed by atoms with Gasteiger partial charge in [-0.15, -0.1) is 0 Å². The van der Waals surface area contributed by atoms with Crippen LogP contribution in [0.4, 0.5) is 0 Å². The number of hydrogen-bond acceptors (Lipinski definition) is 3. The Labute approximate surface area is 121 Å². The molecule has 0 aliphatic carbocycles. The van der Waals surface area contributed by atoms with Gasteiger partial charge in [-0.2, -0.15) is 0 Å². The molecule has 2 atom stereocenters. The number of aliphatic hydroxyl groups excluding tert-OH is 1. The molecule has 1 aromatic rings. The van der Waals surface area contributed by atoms with Gasteiger partial charge in [0.2, 0.25) is 0 Å². The van der Waals surface area contributed by atoms with Gasteiger partial charge in [-0.3, -0.25) is 4.90 Å². The number of likely N-dealkylation sites (tertiary alicyclic amines) is 1. The first-order chi connectivity index (χ1) is 9.69. The molecule has 1 aromatic carbocycles. The predicted molar refractivity (Wildman–Crippen MR) is 80.7 cm³/mol. The van der Waals surface area contributed by atoms with Crippen molar-refractivity contribution in [2.24, 2.45) is 5.92 Å². The lowest BCUT2D eigenvalue weighted by atomic mass is 10.1. The second kappa shape index (κ2) is 7.33. The number of ether oxygens (including phenoxy) is 1. The Morgan fingerprint density at radius 3 is 2.95 bits per heavy atom. The Bertz CT molecular complexity index is 489. The van der Waals surface area contributed by atoms with E-state index in [1.54, 1.807) is 0 Å². The molecule has 1 fully saturated rings. The second-order valence-electron chi connectivity index (χ2n) is 5.52. The third-order valence-electron chi connectivity index (χ3n) is 3.71. The minimum Gasteiger partial charge on any atom is -0.492 e. The molecule has 3 heteroatoms. The van der Waals surface area contributed by atoms with Gasteiger partial charge in [-0.25, -0.2) is 0 Å². The van der Waals surface area contributed by atoms with E-state index in [1.165, 1.54) is 13.0 Å². The molecule has 0 bridgehead atoms. The van der Waals surface area contributed by atoms with Crippen LogP contribution in [0.25, 0.3) is 0 Å². The van der Waals surface area contributed by atoms with E-state index in [9.17, 15) is 0 Å². The molecule has 2 rings (SSSR count). The zero-order valence-electron chi connectivity index (χ0n) is 12.3. The molecule has 1 saturated heterocycles. The van der Waals surface area contributed by atoms with Gasteiger partial charge >= 0.3 is 0 Å². The molecule has 108 valence electrons. The van der Waals surface area contributed by atoms with Crippen LogP contribution in [0, 0.1) is 17.8 Å². The number of nitrogens with zero attached hydrogens (tertiary/aromatic N) is 1. The summed E-state index contributed by atoms with van der Waals surface area (Å²) in [6.45, 7) is 7.32. The lowest BCUT2D eigenvalue weighted by molar-refractivity contribution is 0.202. The third-order valence-corrected chi connectivity index (χ3v) is 3.71. The highest BCUT2D eigenvalue weighted by Gasteiger charge is 2.25. The van der Waals surface area contributed by atoms with E-state index in [2.05, 4.69) is 30.6 Å². The largest absolute Gasteiger partial charge is 0.492 e. The number of rotatable bonds is 4. The number of benzene rings is 1. The van der Waals surface area contributed by atoms with Crippen LogP contribution in [0.3, 0.4) is 0 Å². The SMILES string of the molecule is CC1CC(C)N(CCOc2cccc(C#CCO)c2)C1. The maximum atomic E-state index is 8.70. The van der Waals surface area contributed by atoms with E-state index < -0.39 is 0 Å². The van der Waals surface area contributed by atoms with Crippen molar-refractivity contribution in [2.45, 2.75) is 26.3 Å². The highest BCUT2D eigenvalue weighted by atomic mass is 16.5. The average molecular weight is 273 g/mol. The third kappa shape index (κ3) is 4.26. The topological polar surface area (TPSA) is 32.7 Å². The normalized spacial score (nSPS) is 22.4. The molecule has 1 aliphatic rings. The molecule has 0 radical (unpaired) electrons. The summed E-state index contributed by atoms with van der Waals surface area (Å²) in [6.07, 6.45) is 1.28. The molecule has 1 N–H and O–H groups in total. The lowest BCUT2D eigenvalue weighted by Crippen LogP contribution is -2.31. The van der Waals surface area contributed by atoms with Crippen molar-refractivity contribution < 1.29 is 9.84 Å². The summed E-state index contributed by atoms with van der Waals surface area (Å²) in [5.41, 5.74) is 0.875. The Morgan fingerprint density at radius 2 is 2.25 bits per heavy atom. The standard InChI is InChI=1S/C17H23NO2/c1-14-11-15(2)18(13-14)8-10-20-17-7-3-5-16(12-17)6-4-9-19/h3,5,7,12,14-15,19H,8-11,13H2,1-2H3. The van der Waals surface area contributed by atoms with Crippen LogP contribution >= 0.6 is 0 Å². The lowest BCUT2D eigenvalue weighted by Gasteiger charge is -2.20. The van der Waals surface area contributed by atoms with Crippen molar-refractivity contribution in [1.82, 2.24) is 4.90 Å². The first-order valence-electron chi connectivity index (χ1n) is 7.25. The number of hydrogen-bond donors (Lipinski definition) is 1. The summed E-state index contributed by atoms with van der Waals surface area (Å²) in [7, 11) is 0.